The summed E-state index contributed by atoms with van der Waals surface area (Å²) in [5.74, 6) is 2.12. The molecule has 0 aliphatic heterocycles. The van der Waals surface area contributed by atoms with Gasteiger partial charge in [0, 0.05) is 115 Å². The largest absolute Gasteiger partial charge is 0.309 e. The first-order valence-corrected chi connectivity index (χ1v) is 48.6. The van der Waals surface area contributed by atoms with Crippen LogP contribution >= 0.6 is 0 Å². The smallest absolute Gasteiger partial charge is 0.163 e. The van der Waals surface area contributed by atoms with Crippen LogP contribution in [0.25, 0.3) is 254 Å². The van der Waals surface area contributed by atoms with Gasteiger partial charge in [-0.2, -0.15) is 0 Å². The van der Waals surface area contributed by atoms with Gasteiger partial charge in [-0.1, -0.05) is 296 Å². The van der Waals surface area contributed by atoms with Crippen LogP contribution in [0.5, 0.6) is 0 Å². The fourth-order valence-corrected chi connectivity index (χ4v) is 25.3. The molecule has 139 heavy (non-hydrogen) atoms. The number of hydrogen-bond acceptors (Lipinski definition) is 2. The van der Waals surface area contributed by atoms with Crippen molar-refractivity contribution in [3.8, 4) is 113 Å². The number of hydrogen-bond donors (Lipinski definition) is 0. The second-order valence-electron chi connectivity index (χ2n) is 40.4. The maximum absolute atomic E-state index is 5.87. The Bertz CT molecular complexity index is 9800. The van der Waals surface area contributed by atoms with E-state index in [0.717, 1.165) is 111 Å². The fraction of sp³-hybridized carbons (Fsp3) is 0.0687. The molecule has 3 aliphatic carbocycles. The molecule has 0 saturated carbocycles. The highest BCUT2D eigenvalue weighted by atomic mass is 15.1. The zero-order valence-electron chi connectivity index (χ0n) is 77.5. The van der Waals surface area contributed by atoms with Gasteiger partial charge in [0.2, 0.25) is 0 Å². The summed E-state index contributed by atoms with van der Waals surface area (Å²) in [6.45, 7) is 14.2. The SMILES string of the molecule is CC1(C)c2ccccc2-c2ccc(-n3c4ccccc4c4cc(-c5ccc6c(c5)c5ccccc5n6-c5ccc6ccc(-c7nc(-n8c9ccccc9c9cc(-c%10ccc%11c(c%10)c%10ccccc%10n%11-c%10ccc%11c(c%10)C(C)(C)c%10ccccc%10-%11)ccc98)cc(-n8c9ccccc9c9cc(-c%10ccc%11c(c%10)c%10ccccc%10n%11-c%10ccc%11c(c%10)C(C)(C)c%10ccccc%10-%11)ccc98)n7)cc6c5)ccc43)cc21. The predicted molar refractivity (Wildman–Crippen MR) is 580 cm³/mol. The highest BCUT2D eigenvalue weighted by Gasteiger charge is 2.40. The summed E-state index contributed by atoms with van der Waals surface area (Å²) in [5, 5.41) is 16.4. The van der Waals surface area contributed by atoms with E-state index in [1.54, 1.807) is 0 Å². The molecule has 27 aromatic rings. The van der Waals surface area contributed by atoms with Gasteiger partial charge in [0.1, 0.15) is 11.6 Å². The molecule has 8 nitrogen and oxygen atoms in total. The normalized spacial score (nSPS) is 13.9. The Morgan fingerprint density at radius 1 is 0.158 bits per heavy atom. The Labute approximate surface area is 801 Å². The molecule has 0 saturated heterocycles. The zero-order chi connectivity index (χ0) is 91.9. The van der Waals surface area contributed by atoms with Crippen molar-refractivity contribution < 1.29 is 0 Å². The Balaban J connectivity index is 0.556. The van der Waals surface area contributed by atoms with Gasteiger partial charge < -0.3 is 18.3 Å². The first-order chi connectivity index (χ1) is 68.2. The van der Waals surface area contributed by atoms with E-state index in [-0.39, 0.29) is 16.2 Å². The van der Waals surface area contributed by atoms with Crippen molar-refractivity contribution in [1.82, 2.24) is 37.4 Å². The Morgan fingerprint density at radius 3 is 0.698 bits per heavy atom. The van der Waals surface area contributed by atoms with Gasteiger partial charge in [0.25, 0.3) is 0 Å². The van der Waals surface area contributed by atoms with Gasteiger partial charge in [-0.05, 0) is 275 Å². The third kappa shape index (κ3) is 11.0. The minimum atomic E-state index is -0.133. The summed E-state index contributed by atoms with van der Waals surface area (Å²) in [7, 11) is 0. The van der Waals surface area contributed by atoms with Crippen molar-refractivity contribution in [3.63, 3.8) is 0 Å². The Hall–Kier alpha value is -17.5. The maximum atomic E-state index is 5.87. The molecule has 0 amide bonds. The van der Waals surface area contributed by atoms with Gasteiger partial charge in [-0.15, -0.1) is 0 Å². The molecular weight excluding hydrogens is 1690 g/mol. The lowest BCUT2D eigenvalue weighted by Crippen LogP contribution is -2.15. The Kier molecular flexibility index (Phi) is 15.9. The highest BCUT2D eigenvalue weighted by molar-refractivity contribution is 6.18. The predicted octanol–water partition coefficient (Wildman–Crippen LogP) is 33.8. The second-order valence-corrected chi connectivity index (χ2v) is 40.4. The highest BCUT2D eigenvalue weighted by Crippen LogP contribution is 2.55. The number of fused-ring (bicyclic) bond motifs is 28. The van der Waals surface area contributed by atoms with Gasteiger partial charge in [0.15, 0.2) is 5.82 Å². The van der Waals surface area contributed by atoms with Gasteiger partial charge in [0.05, 0.1) is 66.2 Å². The van der Waals surface area contributed by atoms with Crippen LogP contribution in [0.1, 0.15) is 74.9 Å². The number of rotatable bonds is 10. The summed E-state index contributed by atoms with van der Waals surface area (Å²) < 4.78 is 14.6. The van der Waals surface area contributed by atoms with Gasteiger partial charge in [-0.3, -0.25) is 9.13 Å². The third-order valence-corrected chi connectivity index (χ3v) is 32.0. The number of nitrogens with zero attached hydrogens (tertiary/aromatic N) is 8. The van der Waals surface area contributed by atoms with Crippen LogP contribution in [-0.2, 0) is 16.2 Å². The van der Waals surface area contributed by atoms with Crippen molar-refractivity contribution in [2.24, 2.45) is 0 Å². The molecule has 0 spiro atoms. The van der Waals surface area contributed by atoms with Crippen molar-refractivity contribution in [2.75, 3.05) is 0 Å². The lowest BCUT2D eigenvalue weighted by atomic mass is 9.82. The van der Waals surface area contributed by atoms with Crippen LogP contribution in [0.4, 0.5) is 0 Å². The quantitative estimate of drug-likeness (QED) is 0.137. The van der Waals surface area contributed by atoms with Crippen LogP contribution in [0.3, 0.4) is 0 Å². The van der Waals surface area contributed by atoms with Crippen LogP contribution in [-0.4, -0.2) is 37.4 Å². The molecule has 3 aliphatic rings. The fourth-order valence-electron chi connectivity index (χ4n) is 25.3. The zero-order valence-corrected chi connectivity index (χ0v) is 77.5. The topological polar surface area (TPSA) is 55.4 Å². The standard InChI is InChI=1S/C131H88N8/c1-129(2)108-34-16-7-25-90(108)93-56-53-87(73-111(93)129)135-115-38-20-11-29-97(115)103-68-79(47-60-121(103)135)78-46-59-120-102(67-78)96-28-10-19-37-114(96)134(120)86-52-45-77-43-44-84(65-85(77)66-86)128-132-126(138-118-41-23-14-32-100(118)106-71-82(50-63-124(106)138)80-48-61-122-104(69-80)98-30-12-21-39-116(98)136(122)88-54-57-94-91-26-8-17-35-109(91)130(3,4)112(94)74-88)76-127(133-128)139-119-42-24-15-33-101(119)107-72-83(51-64-125(107)139)81-49-62-123-105(70-81)99-31-13-22-40-117(99)137(123)89-55-58-95-92-27-9-18-36-110(92)131(5,6)113(95)75-89/h7-76H,1-6H3. The molecule has 7 aromatic heterocycles. The molecule has 652 valence electrons. The van der Waals surface area contributed by atoms with E-state index in [4.69, 9.17) is 9.97 Å². The lowest BCUT2D eigenvalue weighted by molar-refractivity contribution is 0.660. The molecule has 0 atom stereocenters. The van der Waals surface area contributed by atoms with Gasteiger partial charge in [-0.25, -0.2) is 9.97 Å². The molecule has 20 aromatic carbocycles. The van der Waals surface area contributed by atoms with Gasteiger partial charge >= 0.3 is 0 Å². The monoisotopic (exact) mass is 1770 g/mol. The molecule has 0 bridgehead atoms. The summed E-state index contributed by atoms with van der Waals surface area (Å²) in [5.41, 5.74) is 41.7. The molecule has 30 rings (SSSR count). The molecule has 0 N–H and O–H groups in total. The summed E-state index contributed by atoms with van der Waals surface area (Å²) >= 11 is 0. The molecule has 8 heteroatoms. The Morgan fingerprint density at radius 2 is 0.388 bits per heavy atom. The van der Waals surface area contributed by atoms with Crippen LogP contribution in [0.15, 0.2) is 425 Å². The van der Waals surface area contributed by atoms with E-state index in [2.05, 4.69) is 494 Å². The third-order valence-electron chi connectivity index (χ3n) is 32.0. The van der Waals surface area contributed by atoms with E-state index in [1.165, 1.54) is 171 Å². The maximum Gasteiger partial charge on any atom is 0.163 e. The minimum Gasteiger partial charge on any atom is -0.309 e. The lowest BCUT2D eigenvalue weighted by Gasteiger charge is -2.22. The summed E-state index contributed by atoms with van der Waals surface area (Å²) in [6, 6.07) is 160. The number of benzene rings is 20. The number of aromatic nitrogens is 8. The molecule has 0 fully saturated rings. The minimum absolute atomic E-state index is 0.118. The van der Waals surface area contributed by atoms with E-state index in [1.807, 2.05) is 0 Å². The van der Waals surface area contributed by atoms with Crippen molar-refractivity contribution in [3.05, 3.63) is 458 Å². The molecule has 0 unspecified atom stereocenters. The first kappa shape index (κ1) is 77.9. The molecule has 7 heterocycles. The second kappa shape index (κ2) is 28.3. The average molecular weight is 1770 g/mol. The van der Waals surface area contributed by atoms with Crippen molar-refractivity contribution in [2.45, 2.75) is 57.8 Å². The van der Waals surface area contributed by atoms with Crippen molar-refractivity contribution in [1.29, 1.82) is 0 Å². The van der Waals surface area contributed by atoms with Crippen LogP contribution in [0.2, 0.25) is 0 Å². The summed E-state index contributed by atoms with van der Waals surface area (Å²) in [4.78, 5) is 11.7. The molecule has 0 radical (unpaired) electrons. The first-order valence-electron chi connectivity index (χ1n) is 48.6. The average Bonchev–Trinajstić information content (AvgIpc) is 1.57. The van der Waals surface area contributed by atoms with Crippen molar-refractivity contribution >= 4 is 142 Å². The molecular formula is C131H88N8. The van der Waals surface area contributed by atoms with E-state index in [9.17, 15) is 0 Å². The van der Waals surface area contributed by atoms with Crippen LogP contribution in [0, 0.1) is 0 Å². The van der Waals surface area contributed by atoms with Crippen LogP contribution < -0.4 is 0 Å². The van der Waals surface area contributed by atoms with E-state index >= 15 is 0 Å². The van der Waals surface area contributed by atoms with E-state index in [0.29, 0.717) is 5.82 Å². The van der Waals surface area contributed by atoms with E-state index < -0.39 is 0 Å². The summed E-state index contributed by atoms with van der Waals surface area (Å²) in [6.07, 6.45) is 0. The number of para-hydroxylation sites is 6.